The number of ether oxygens (including phenoxy) is 2. The summed E-state index contributed by atoms with van der Waals surface area (Å²) in [6.45, 7) is 3.27. The van der Waals surface area contributed by atoms with Crippen molar-refractivity contribution in [2.45, 2.75) is 19.4 Å². The van der Waals surface area contributed by atoms with Crippen LogP contribution in [0.1, 0.15) is 24.2 Å². The van der Waals surface area contributed by atoms with Gasteiger partial charge in [0.05, 0.1) is 5.56 Å². The Morgan fingerprint density at radius 2 is 1.73 bits per heavy atom. The quantitative estimate of drug-likeness (QED) is 0.515. The van der Waals surface area contributed by atoms with E-state index in [1.54, 1.807) is 36.4 Å². The second kappa shape index (κ2) is 9.05. The first-order valence-electron chi connectivity index (χ1n) is 9.37. The van der Waals surface area contributed by atoms with Crippen molar-refractivity contribution in [3.63, 3.8) is 0 Å². The molecule has 0 bridgehead atoms. The van der Waals surface area contributed by atoms with E-state index in [0.717, 1.165) is 10.8 Å². The predicted octanol–water partition coefficient (Wildman–Crippen LogP) is 4.54. The molecule has 0 aliphatic heterocycles. The summed E-state index contributed by atoms with van der Waals surface area (Å²) in [7, 11) is 0. The summed E-state index contributed by atoms with van der Waals surface area (Å²) in [6.07, 6.45) is 0. The number of hydrogen-bond acceptors (Lipinski definition) is 4. The number of carboxylic acid groups (broad SMARTS) is 1. The number of benzene rings is 3. The molecule has 3 aromatic carbocycles. The van der Waals surface area contributed by atoms with E-state index in [1.165, 1.54) is 13.8 Å². The summed E-state index contributed by atoms with van der Waals surface area (Å²) in [5.74, 6) is -0.667. The van der Waals surface area contributed by atoms with E-state index < -0.39 is 17.4 Å². The summed E-state index contributed by atoms with van der Waals surface area (Å²) >= 11 is 5.95. The van der Waals surface area contributed by atoms with Gasteiger partial charge >= 0.3 is 5.97 Å². The van der Waals surface area contributed by atoms with Crippen LogP contribution in [0.25, 0.3) is 10.8 Å². The number of rotatable bonds is 8. The largest absolute Gasteiger partial charge is 0.490 e. The van der Waals surface area contributed by atoms with Crippen molar-refractivity contribution in [1.29, 1.82) is 0 Å². The molecule has 1 amide bonds. The van der Waals surface area contributed by atoms with Crippen LogP contribution >= 0.6 is 11.6 Å². The highest BCUT2D eigenvalue weighted by atomic mass is 35.5. The van der Waals surface area contributed by atoms with Crippen molar-refractivity contribution in [1.82, 2.24) is 5.32 Å². The Labute approximate surface area is 179 Å². The minimum atomic E-state index is -1.42. The van der Waals surface area contributed by atoms with Crippen LogP contribution in [0.3, 0.4) is 0 Å². The first-order valence-corrected chi connectivity index (χ1v) is 9.74. The number of carbonyl (C=O) groups is 2. The third kappa shape index (κ3) is 5.02. The molecule has 30 heavy (non-hydrogen) atoms. The monoisotopic (exact) mass is 427 g/mol. The van der Waals surface area contributed by atoms with Crippen molar-refractivity contribution in [3.8, 4) is 11.5 Å². The van der Waals surface area contributed by atoms with Crippen molar-refractivity contribution in [3.05, 3.63) is 71.2 Å². The molecular weight excluding hydrogens is 406 g/mol. The van der Waals surface area contributed by atoms with Crippen LogP contribution < -0.4 is 14.8 Å². The molecule has 156 valence electrons. The van der Waals surface area contributed by atoms with E-state index >= 15 is 0 Å². The molecule has 6 nitrogen and oxygen atoms in total. The SMILES string of the molecule is CC(C)(NC(=O)c1ccc2ccccc2c1OCCOc1cccc(Cl)c1)C(=O)O. The maximum absolute atomic E-state index is 12.8. The number of aliphatic carboxylic acids is 1. The molecule has 0 saturated carbocycles. The van der Waals surface area contributed by atoms with Crippen LogP contribution in [0, 0.1) is 0 Å². The van der Waals surface area contributed by atoms with Crippen molar-refractivity contribution in [2.75, 3.05) is 13.2 Å². The maximum atomic E-state index is 12.8. The molecule has 0 saturated heterocycles. The van der Waals surface area contributed by atoms with Crippen LogP contribution in [0.4, 0.5) is 0 Å². The van der Waals surface area contributed by atoms with Crippen LogP contribution in [0.5, 0.6) is 11.5 Å². The summed E-state index contributed by atoms with van der Waals surface area (Å²) in [5, 5.41) is 14.1. The van der Waals surface area contributed by atoms with Crippen molar-refractivity contribution in [2.24, 2.45) is 0 Å². The van der Waals surface area contributed by atoms with E-state index in [-0.39, 0.29) is 18.8 Å². The van der Waals surface area contributed by atoms with E-state index in [2.05, 4.69) is 5.32 Å². The van der Waals surface area contributed by atoms with Gasteiger partial charge in [-0.15, -0.1) is 0 Å². The molecule has 0 heterocycles. The molecular formula is C23H22ClNO5. The lowest BCUT2D eigenvalue weighted by atomic mass is 10.0. The van der Waals surface area contributed by atoms with Crippen molar-refractivity contribution >= 4 is 34.2 Å². The highest BCUT2D eigenvalue weighted by Gasteiger charge is 2.30. The number of amides is 1. The smallest absolute Gasteiger partial charge is 0.328 e. The fourth-order valence-corrected chi connectivity index (χ4v) is 3.02. The van der Waals surface area contributed by atoms with E-state index in [1.807, 2.05) is 24.3 Å². The van der Waals surface area contributed by atoms with E-state index in [0.29, 0.717) is 16.5 Å². The van der Waals surface area contributed by atoms with Gasteiger partial charge in [-0.2, -0.15) is 0 Å². The Morgan fingerprint density at radius 3 is 2.47 bits per heavy atom. The zero-order valence-electron chi connectivity index (χ0n) is 16.6. The Hall–Kier alpha value is -3.25. The molecule has 0 fully saturated rings. The minimum Gasteiger partial charge on any atom is -0.490 e. The molecule has 3 aromatic rings. The van der Waals surface area contributed by atoms with Crippen LogP contribution in [0.2, 0.25) is 5.02 Å². The van der Waals surface area contributed by atoms with E-state index in [9.17, 15) is 14.7 Å². The Bertz CT molecular complexity index is 1080. The first-order chi connectivity index (χ1) is 14.3. The number of halogens is 1. The average Bonchev–Trinajstić information content (AvgIpc) is 2.70. The molecule has 0 radical (unpaired) electrons. The third-order valence-corrected chi connectivity index (χ3v) is 4.71. The number of fused-ring (bicyclic) bond motifs is 1. The second-order valence-corrected chi connectivity index (χ2v) is 7.64. The molecule has 0 spiro atoms. The molecule has 7 heteroatoms. The average molecular weight is 428 g/mol. The lowest BCUT2D eigenvalue weighted by molar-refractivity contribution is -0.143. The highest BCUT2D eigenvalue weighted by molar-refractivity contribution is 6.30. The van der Waals surface area contributed by atoms with Crippen LogP contribution in [-0.2, 0) is 4.79 Å². The van der Waals surface area contributed by atoms with Gasteiger partial charge in [-0.25, -0.2) is 4.79 Å². The zero-order valence-corrected chi connectivity index (χ0v) is 17.4. The number of carbonyl (C=O) groups excluding carboxylic acids is 1. The lowest BCUT2D eigenvalue weighted by Crippen LogP contribution is -2.49. The van der Waals surface area contributed by atoms with Gasteiger partial charge in [-0.05, 0) is 43.5 Å². The summed E-state index contributed by atoms with van der Waals surface area (Å²) in [4.78, 5) is 24.2. The summed E-state index contributed by atoms with van der Waals surface area (Å²) in [5.41, 5.74) is -1.17. The fraction of sp³-hybridized carbons (Fsp3) is 0.217. The summed E-state index contributed by atoms with van der Waals surface area (Å²) in [6, 6.07) is 18.0. The molecule has 0 aliphatic rings. The standard InChI is InChI=1S/C23H22ClNO5/c1-23(2,22(27)28)25-21(26)19-11-10-15-6-3-4-9-18(15)20(19)30-13-12-29-17-8-5-7-16(24)14-17/h3-11,14H,12-13H2,1-2H3,(H,25,26)(H,27,28). The Morgan fingerprint density at radius 1 is 1.00 bits per heavy atom. The number of nitrogens with one attached hydrogen (secondary N) is 1. The van der Waals surface area contributed by atoms with Gasteiger partial charge < -0.3 is 19.9 Å². The topological polar surface area (TPSA) is 84.9 Å². The van der Waals surface area contributed by atoms with Gasteiger partial charge in [0.25, 0.3) is 5.91 Å². The second-order valence-electron chi connectivity index (χ2n) is 7.20. The maximum Gasteiger partial charge on any atom is 0.328 e. The van der Waals surface area contributed by atoms with Crippen molar-refractivity contribution < 1.29 is 24.2 Å². The van der Waals surface area contributed by atoms with Gasteiger partial charge in [0.15, 0.2) is 0 Å². The van der Waals surface area contributed by atoms with Crippen LogP contribution in [0.15, 0.2) is 60.7 Å². The summed E-state index contributed by atoms with van der Waals surface area (Å²) < 4.78 is 11.6. The highest BCUT2D eigenvalue weighted by Crippen LogP contribution is 2.30. The molecule has 0 unspecified atom stereocenters. The lowest BCUT2D eigenvalue weighted by Gasteiger charge is -2.22. The molecule has 3 rings (SSSR count). The number of carboxylic acids is 1. The normalized spacial score (nSPS) is 11.2. The zero-order chi connectivity index (χ0) is 21.7. The Balaban J connectivity index is 1.81. The predicted molar refractivity (Wildman–Crippen MR) is 116 cm³/mol. The minimum absolute atomic E-state index is 0.184. The Kier molecular flexibility index (Phi) is 6.47. The molecule has 0 atom stereocenters. The van der Waals surface area contributed by atoms with Gasteiger partial charge in [-0.1, -0.05) is 48.0 Å². The van der Waals surface area contributed by atoms with E-state index in [4.69, 9.17) is 21.1 Å². The molecule has 0 aliphatic carbocycles. The van der Waals surface area contributed by atoms with Gasteiger partial charge in [0.1, 0.15) is 30.3 Å². The first kappa shape index (κ1) is 21.5. The number of hydrogen-bond donors (Lipinski definition) is 2. The van der Waals surface area contributed by atoms with Gasteiger partial charge in [0.2, 0.25) is 0 Å². The van der Waals surface area contributed by atoms with Crippen LogP contribution in [-0.4, -0.2) is 35.7 Å². The van der Waals surface area contributed by atoms with Gasteiger partial charge in [0, 0.05) is 10.4 Å². The molecule has 0 aromatic heterocycles. The van der Waals surface area contributed by atoms with Gasteiger partial charge in [-0.3, -0.25) is 4.79 Å². The third-order valence-electron chi connectivity index (χ3n) is 4.48. The fourth-order valence-electron chi connectivity index (χ4n) is 2.84. The molecule has 2 N–H and O–H groups in total.